The van der Waals surface area contributed by atoms with Crippen LogP contribution in [0.3, 0.4) is 0 Å². The number of thiophene rings is 1. The topological polar surface area (TPSA) is 122 Å². The van der Waals surface area contributed by atoms with E-state index >= 15 is 4.39 Å². The first-order valence-corrected chi connectivity index (χ1v) is 22.7. The number of halogens is 1. The number of fused-ring (bicyclic) bond motifs is 1. The van der Waals surface area contributed by atoms with E-state index in [1.165, 1.54) is 43.2 Å². The lowest BCUT2D eigenvalue weighted by atomic mass is 9.94. The maximum Gasteiger partial charge on any atom is 0.332 e. The fourth-order valence-corrected chi connectivity index (χ4v) is 14.9. The number of amides is 1. The number of aryl methyl sites for hydroxylation is 2. The monoisotopic (exact) mass is 820 g/mol. The molecular weight excluding hydrogens is 772 g/mol. The van der Waals surface area contributed by atoms with Crippen molar-refractivity contribution >= 4 is 46.2 Å². The van der Waals surface area contributed by atoms with Gasteiger partial charge in [0, 0.05) is 18.2 Å². The van der Waals surface area contributed by atoms with Crippen molar-refractivity contribution in [1.29, 1.82) is 0 Å². The minimum absolute atomic E-state index is 0.00714. The zero-order valence-corrected chi connectivity index (χ0v) is 35.3. The summed E-state index contributed by atoms with van der Waals surface area (Å²) in [7, 11) is -2.78. The zero-order chi connectivity index (χ0) is 40.8. The number of aromatic nitrogens is 5. The molecule has 2 atom stereocenters. The van der Waals surface area contributed by atoms with Gasteiger partial charge in [-0.25, -0.2) is 13.8 Å². The summed E-state index contributed by atoms with van der Waals surface area (Å²) in [5.41, 5.74) is 0.867. The van der Waals surface area contributed by atoms with E-state index in [9.17, 15) is 14.4 Å². The maximum atomic E-state index is 15.1. The van der Waals surface area contributed by atoms with Crippen molar-refractivity contribution in [1.82, 2.24) is 29.4 Å². The van der Waals surface area contributed by atoms with Crippen LogP contribution in [0.25, 0.3) is 15.2 Å². The third-order valence-corrected chi connectivity index (χ3v) is 18.2. The molecule has 0 bridgehead atoms. The Balaban J connectivity index is 1.14. The van der Waals surface area contributed by atoms with Crippen LogP contribution in [0, 0.1) is 19.7 Å². The first kappa shape index (κ1) is 39.8. The number of benzene rings is 3. The van der Waals surface area contributed by atoms with Crippen LogP contribution in [0.5, 0.6) is 0 Å². The molecule has 14 heteroatoms. The van der Waals surface area contributed by atoms with Gasteiger partial charge in [-0.3, -0.25) is 14.2 Å². The number of hydrogen-bond donors (Lipinski definition) is 1. The van der Waals surface area contributed by atoms with Crippen LogP contribution in [-0.2, 0) is 20.5 Å². The molecule has 2 fully saturated rings. The summed E-state index contributed by atoms with van der Waals surface area (Å²) < 4.78 is 32.2. The minimum atomic E-state index is -2.78. The van der Waals surface area contributed by atoms with Crippen LogP contribution in [0.2, 0.25) is 5.04 Å². The van der Waals surface area contributed by atoms with Gasteiger partial charge in [-0.15, -0.1) is 4.80 Å². The molecule has 0 radical (unpaired) electrons. The molecule has 3 aromatic carbocycles. The van der Waals surface area contributed by atoms with Gasteiger partial charge in [-0.2, -0.15) is 10.2 Å². The van der Waals surface area contributed by atoms with Gasteiger partial charge in [0.15, 0.2) is 0 Å². The highest BCUT2D eigenvalue weighted by atomic mass is 32.1. The second-order valence-corrected chi connectivity index (χ2v) is 21.7. The van der Waals surface area contributed by atoms with Crippen molar-refractivity contribution in [3.63, 3.8) is 0 Å². The average Bonchev–Trinajstić information content (AvgIpc) is 3.98. The lowest BCUT2D eigenvalue weighted by Gasteiger charge is -2.46. The summed E-state index contributed by atoms with van der Waals surface area (Å²) in [6.45, 7) is 10.9. The summed E-state index contributed by atoms with van der Waals surface area (Å²) in [6.07, 6.45) is 5.35. The van der Waals surface area contributed by atoms with E-state index in [2.05, 4.69) is 84.8 Å². The van der Waals surface area contributed by atoms with Crippen LogP contribution in [-0.4, -0.2) is 57.1 Å². The van der Waals surface area contributed by atoms with Crippen molar-refractivity contribution in [2.24, 2.45) is 0 Å². The summed E-state index contributed by atoms with van der Waals surface area (Å²) >= 11 is 1.23. The van der Waals surface area contributed by atoms with Crippen molar-refractivity contribution in [3.8, 4) is 5.00 Å². The van der Waals surface area contributed by atoms with Crippen molar-refractivity contribution in [2.75, 3.05) is 6.54 Å². The Hall–Kier alpha value is -5.02. The molecule has 1 saturated carbocycles. The van der Waals surface area contributed by atoms with Gasteiger partial charge in [0.25, 0.3) is 13.9 Å². The minimum Gasteiger partial charge on any atom is -0.404 e. The second kappa shape index (κ2) is 16.0. The van der Waals surface area contributed by atoms with E-state index < -0.39 is 37.5 Å². The number of rotatable bonds is 11. The number of carbonyl (C=O) groups is 1. The summed E-state index contributed by atoms with van der Waals surface area (Å²) in [5.74, 6) is -0.793. The molecule has 2 aliphatic rings. The van der Waals surface area contributed by atoms with Gasteiger partial charge in [-0.05, 0) is 84.6 Å². The fraction of sp³-hybridized carbons (Fsp3) is 0.386. The summed E-state index contributed by atoms with van der Waals surface area (Å²) in [6, 6.07) is 24.9. The molecule has 1 aliphatic heterocycles. The van der Waals surface area contributed by atoms with E-state index in [1.807, 2.05) is 19.1 Å². The van der Waals surface area contributed by atoms with Crippen LogP contribution in [0.4, 0.5) is 4.39 Å². The van der Waals surface area contributed by atoms with Crippen molar-refractivity contribution < 1.29 is 18.3 Å². The fourth-order valence-electron chi connectivity index (χ4n) is 8.93. The SMILES string of the molecule is Cc1ccc(F)cc1[C@H](Cn1c(=O)n([C@H]2CCNC2=O)c(=O)c2c(C)c(-n3nccn3)sc21)OC1CCC(O[Si](c2ccccc2)(c2ccccc2)C(C)(C)C)CC1. The molecule has 0 unspecified atom stereocenters. The Morgan fingerprint density at radius 1 is 0.879 bits per heavy atom. The van der Waals surface area contributed by atoms with Gasteiger partial charge in [0.1, 0.15) is 27.8 Å². The Kier molecular flexibility index (Phi) is 11.0. The third kappa shape index (κ3) is 7.20. The smallest absolute Gasteiger partial charge is 0.332 e. The molecular formula is C44H49FN6O5SSi. The predicted octanol–water partition coefficient (Wildman–Crippen LogP) is 6.27. The molecule has 1 amide bonds. The standard InChI is InChI=1S/C44H49FN6O5SSi/c1-28-16-17-30(45)26-35(28)37(27-49-42-38(29(2)41(57-42)51-47-24-25-48-51)40(53)50(43(49)54)36-22-23-46-39(36)52)55-31-18-20-32(21-19-31)56-58(44(3,4)5,33-12-8-6-9-13-33)34-14-10-7-11-15-34/h6-17,24-26,31-32,36-37H,18-23,27H2,1-5H3,(H,46,52)/t31?,32?,36-,37-/m0/s1. The molecule has 11 nitrogen and oxygen atoms in total. The highest BCUT2D eigenvalue weighted by molar-refractivity contribution is 7.21. The third-order valence-electron chi connectivity index (χ3n) is 11.8. The number of carbonyl (C=O) groups excluding carboxylic acids is 1. The average molecular weight is 821 g/mol. The molecule has 0 spiro atoms. The molecule has 1 N–H and O–H groups in total. The summed E-state index contributed by atoms with van der Waals surface area (Å²) in [4.78, 5) is 43.7. The Bertz CT molecular complexity index is 2500. The zero-order valence-electron chi connectivity index (χ0n) is 33.5. The van der Waals surface area contributed by atoms with Crippen LogP contribution < -0.4 is 26.9 Å². The predicted molar refractivity (Wildman–Crippen MR) is 226 cm³/mol. The maximum absolute atomic E-state index is 15.1. The van der Waals surface area contributed by atoms with Crippen LogP contribution in [0.15, 0.2) is 101 Å². The van der Waals surface area contributed by atoms with Crippen molar-refractivity contribution in [3.05, 3.63) is 135 Å². The number of ether oxygens (including phenoxy) is 1. The van der Waals surface area contributed by atoms with Gasteiger partial charge in [0.05, 0.1) is 30.4 Å². The normalized spacial score (nSPS) is 19.4. The van der Waals surface area contributed by atoms with Crippen LogP contribution in [0.1, 0.15) is 81.7 Å². The van der Waals surface area contributed by atoms with E-state index in [0.29, 0.717) is 52.2 Å². The van der Waals surface area contributed by atoms with Crippen LogP contribution >= 0.6 is 11.3 Å². The second-order valence-electron chi connectivity index (χ2n) is 16.5. The molecule has 302 valence electrons. The number of nitrogens with one attached hydrogen (secondary N) is 1. The Labute approximate surface area is 341 Å². The first-order valence-electron chi connectivity index (χ1n) is 20.0. The quantitative estimate of drug-likeness (QED) is 0.153. The van der Waals surface area contributed by atoms with E-state index in [4.69, 9.17) is 9.16 Å². The lowest BCUT2D eigenvalue weighted by Crippen LogP contribution is -2.67. The molecule has 3 aromatic heterocycles. The Morgan fingerprint density at radius 2 is 1.50 bits per heavy atom. The highest BCUT2D eigenvalue weighted by Crippen LogP contribution is 2.40. The molecule has 8 rings (SSSR count). The number of nitrogens with zero attached hydrogens (tertiary/aromatic N) is 5. The van der Waals surface area contributed by atoms with Crippen molar-refractivity contribution in [2.45, 2.75) is 103 Å². The molecule has 4 heterocycles. The molecule has 6 aromatic rings. The summed E-state index contributed by atoms with van der Waals surface area (Å²) in [5, 5.41) is 14.6. The van der Waals surface area contributed by atoms with Gasteiger partial charge in [-0.1, -0.05) is 98.8 Å². The Morgan fingerprint density at radius 3 is 2.09 bits per heavy atom. The van der Waals surface area contributed by atoms with Gasteiger partial charge < -0.3 is 14.5 Å². The lowest BCUT2D eigenvalue weighted by molar-refractivity contribution is -0.122. The van der Waals surface area contributed by atoms with Gasteiger partial charge in [0.2, 0.25) is 5.91 Å². The number of hydrogen-bond acceptors (Lipinski definition) is 8. The largest absolute Gasteiger partial charge is 0.404 e. The van der Waals surface area contributed by atoms with E-state index in [-0.39, 0.29) is 29.7 Å². The first-order chi connectivity index (χ1) is 27.9. The van der Waals surface area contributed by atoms with Gasteiger partial charge >= 0.3 is 5.69 Å². The van der Waals surface area contributed by atoms with E-state index in [1.54, 1.807) is 25.4 Å². The molecule has 58 heavy (non-hydrogen) atoms. The molecule has 1 saturated heterocycles. The highest BCUT2D eigenvalue weighted by Gasteiger charge is 2.51. The van der Waals surface area contributed by atoms with E-state index in [0.717, 1.165) is 23.0 Å². The molecule has 1 aliphatic carbocycles.